The van der Waals surface area contributed by atoms with E-state index in [9.17, 15) is 9.18 Å². The lowest BCUT2D eigenvalue weighted by Crippen LogP contribution is -2.38. The van der Waals surface area contributed by atoms with Crippen LogP contribution in [0.2, 0.25) is 0 Å². The van der Waals surface area contributed by atoms with E-state index < -0.39 is 0 Å². The first-order valence-electron chi connectivity index (χ1n) is 8.40. The van der Waals surface area contributed by atoms with Gasteiger partial charge in [0.25, 0.3) is 0 Å². The van der Waals surface area contributed by atoms with Gasteiger partial charge in [-0.05, 0) is 37.1 Å². The molecule has 25 heavy (non-hydrogen) atoms. The third-order valence-electron chi connectivity index (χ3n) is 3.89. The molecule has 0 radical (unpaired) electrons. The van der Waals surface area contributed by atoms with Crippen LogP contribution in [-0.4, -0.2) is 43.7 Å². The van der Waals surface area contributed by atoms with Crippen LogP contribution in [0.15, 0.2) is 29.4 Å². The lowest BCUT2D eigenvalue weighted by molar-refractivity contribution is -0.144. The maximum absolute atomic E-state index is 13.4. The van der Waals surface area contributed by atoms with Crippen molar-refractivity contribution in [2.24, 2.45) is 10.9 Å². The number of guanidine groups is 1. The second-order valence-electron chi connectivity index (χ2n) is 5.82. The first-order valence-corrected chi connectivity index (χ1v) is 8.40. The molecule has 1 aromatic carbocycles. The summed E-state index contributed by atoms with van der Waals surface area (Å²) in [6.07, 6.45) is 2.62. The summed E-state index contributed by atoms with van der Waals surface area (Å²) in [5.74, 6) is -0.172. The number of rotatable bonds is 7. The number of carbonyl (C=O) groups is 1. The molecule has 0 aliphatic rings. The fourth-order valence-electron chi connectivity index (χ4n) is 2.52. The lowest BCUT2D eigenvalue weighted by atomic mass is 10.1. The smallest absolute Gasteiger partial charge is 0.310 e. The summed E-state index contributed by atoms with van der Waals surface area (Å²) in [5.41, 5.74) is 1.96. The van der Waals surface area contributed by atoms with Crippen LogP contribution in [0.3, 0.4) is 0 Å². The summed E-state index contributed by atoms with van der Waals surface area (Å²) >= 11 is 0. The second kappa shape index (κ2) is 9.05. The molecule has 2 rings (SSSR count). The van der Waals surface area contributed by atoms with Crippen molar-refractivity contribution in [3.63, 3.8) is 0 Å². The summed E-state index contributed by atoms with van der Waals surface area (Å²) in [6.45, 7) is 5.46. The highest BCUT2D eigenvalue weighted by molar-refractivity contribution is 5.83. The Hall–Kier alpha value is -2.57. The number of fused-ring (bicyclic) bond motifs is 1. The molecule has 7 heteroatoms. The van der Waals surface area contributed by atoms with Crippen LogP contribution in [0.4, 0.5) is 4.39 Å². The van der Waals surface area contributed by atoms with Crippen molar-refractivity contribution >= 4 is 22.8 Å². The van der Waals surface area contributed by atoms with Gasteiger partial charge in [-0.1, -0.05) is 6.92 Å². The van der Waals surface area contributed by atoms with Gasteiger partial charge in [0.2, 0.25) is 0 Å². The van der Waals surface area contributed by atoms with Crippen LogP contribution in [0.1, 0.15) is 19.4 Å². The molecule has 2 aromatic rings. The molecule has 0 aliphatic carbocycles. The number of esters is 1. The zero-order valence-corrected chi connectivity index (χ0v) is 14.9. The van der Waals surface area contributed by atoms with Crippen molar-refractivity contribution in [3.8, 4) is 0 Å². The molecule has 0 saturated carbocycles. The molecule has 1 aromatic heterocycles. The average Bonchev–Trinajstić information content (AvgIpc) is 3.00. The number of aromatic nitrogens is 1. The first kappa shape index (κ1) is 18.8. The van der Waals surface area contributed by atoms with Gasteiger partial charge in [0.05, 0.1) is 19.6 Å². The number of methoxy groups -OCH3 is 1. The van der Waals surface area contributed by atoms with Crippen molar-refractivity contribution in [1.82, 2.24) is 15.6 Å². The van der Waals surface area contributed by atoms with E-state index in [0.29, 0.717) is 19.0 Å². The van der Waals surface area contributed by atoms with Gasteiger partial charge in [-0.15, -0.1) is 0 Å². The minimum atomic E-state index is -0.294. The third-order valence-corrected chi connectivity index (χ3v) is 3.89. The fourth-order valence-corrected chi connectivity index (χ4v) is 2.52. The van der Waals surface area contributed by atoms with Gasteiger partial charge in [-0.25, -0.2) is 4.39 Å². The molecule has 1 heterocycles. The molecule has 0 spiro atoms. The van der Waals surface area contributed by atoms with Gasteiger partial charge in [-0.3, -0.25) is 9.79 Å². The van der Waals surface area contributed by atoms with Gasteiger partial charge in [0, 0.05) is 30.2 Å². The van der Waals surface area contributed by atoms with Gasteiger partial charge >= 0.3 is 5.97 Å². The predicted octanol–water partition coefficient (Wildman–Crippen LogP) is 2.21. The maximum Gasteiger partial charge on any atom is 0.310 e. The van der Waals surface area contributed by atoms with Gasteiger partial charge in [0.15, 0.2) is 5.96 Å². The topological polar surface area (TPSA) is 78.5 Å². The highest BCUT2D eigenvalue weighted by Crippen LogP contribution is 2.19. The van der Waals surface area contributed by atoms with E-state index in [1.165, 1.54) is 13.2 Å². The molecule has 0 aliphatic heterocycles. The zero-order valence-electron chi connectivity index (χ0n) is 14.9. The van der Waals surface area contributed by atoms with Crippen molar-refractivity contribution in [1.29, 1.82) is 0 Å². The Morgan fingerprint density at radius 3 is 2.92 bits per heavy atom. The zero-order chi connectivity index (χ0) is 18.2. The van der Waals surface area contributed by atoms with Gasteiger partial charge in [0.1, 0.15) is 5.82 Å². The lowest BCUT2D eigenvalue weighted by Gasteiger charge is -2.12. The van der Waals surface area contributed by atoms with E-state index in [1.807, 2.05) is 13.1 Å². The quantitative estimate of drug-likeness (QED) is 0.407. The standard InChI is InChI=1S/C18H25FN4O2/c1-4-20-18(23-10-12(2)17(24)25-3)21-8-7-13-11-22-16-6-5-14(19)9-15(13)16/h5-6,9,11-12,22H,4,7-8,10H2,1-3H3,(H2,20,21,23). The molecule has 6 nitrogen and oxygen atoms in total. The van der Waals surface area contributed by atoms with Crippen LogP contribution >= 0.6 is 0 Å². The number of aromatic amines is 1. The Kier molecular flexibility index (Phi) is 6.80. The summed E-state index contributed by atoms with van der Waals surface area (Å²) in [6, 6.07) is 4.72. The number of hydrogen-bond acceptors (Lipinski definition) is 3. The summed E-state index contributed by atoms with van der Waals surface area (Å²) in [5, 5.41) is 7.26. The van der Waals surface area contributed by atoms with Gasteiger partial charge in [-0.2, -0.15) is 0 Å². The van der Waals surface area contributed by atoms with Crippen LogP contribution < -0.4 is 10.6 Å². The van der Waals surface area contributed by atoms with E-state index >= 15 is 0 Å². The van der Waals surface area contributed by atoms with E-state index in [2.05, 4.69) is 20.6 Å². The van der Waals surface area contributed by atoms with Crippen molar-refractivity contribution in [2.45, 2.75) is 20.3 Å². The molecule has 0 bridgehead atoms. The molecule has 0 amide bonds. The number of carbonyl (C=O) groups excluding carboxylic acids is 1. The van der Waals surface area contributed by atoms with E-state index in [4.69, 9.17) is 4.74 Å². The number of benzene rings is 1. The normalized spacial score (nSPS) is 12.9. The Morgan fingerprint density at radius 1 is 1.40 bits per heavy atom. The Bertz CT molecular complexity index is 742. The number of nitrogens with zero attached hydrogens (tertiary/aromatic N) is 1. The Morgan fingerprint density at radius 2 is 2.20 bits per heavy atom. The van der Waals surface area contributed by atoms with Crippen molar-refractivity contribution in [2.75, 3.05) is 26.7 Å². The molecule has 1 atom stereocenters. The molecule has 0 fully saturated rings. The van der Waals surface area contributed by atoms with Crippen LogP contribution in [0.5, 0.6) is 0 Å². The molecule has 1 unspecified atom stereocenters. The first-order chi connectivity index (χ1) is 12.0. The molecule has 136 valence electrons. The van der Waals surface area contributed by atoms with Gasteiger partial charge < -0.3 is 20.4 Å². The van der Waals surface area contributed by atoms with Crippen molar-refractivity contribution in [3.05, 3.63) is 35.8 Å². The van der Waals surface area contributed by atoms with Crippen molar-refractivity contribution < 1.29 is 13.9 Å². The minimum Gasteiger partial charge on any atom is -0.469 e. The molecule has 3 N–H and O–H groups in total. The Balaban J connectivity index is 1.94. The number of ether oxygens (including phenoxy) is 1. The maximum atomic E-state index is 13.4. The van der Waals surface area contributed by atoms with Crippen LogP contribution in [0.25, 0.3) is 10.9 Å². The van der Waals surface area contributed by atoms with E-state index in [0.717, 1.165) is 29.4 Å². The molecule has 0 saturated heterocycles. The monoisotopic (exact) mass is 348 g/mol. The fraction of sp³-hybridized carbons (Fsp3) is 0.444. The number of H-pyrrole nitrogens is 1. The SMILES string of the molecule is CCNC(=NCC(C)C(=O)OC)NCCc1c[nH]c2ccc(F)cc12. The number of aliphatic imine (C=N–C) groups is 1. The minimum absolute atomic E-state index is 0.243. The largest absolute Gasteiger partial charge is 0.469 e. The molecular weight excluding hydrogens is 323 g/mol. The summed E-state index contributed by atoms with van der Waals surface area (Å²) in [7, 11) is 1.37. The predicted molar refractivity (Wildman–Crippen MR) is 97.1 cm³/mol. The average molecular weight is 348 g/mol. The number of nitrogens with one attached hydrogen (secondary N) is 3. The highest BCUT2D eigenvalue weighted by Gasteiger charge is 2.12. The third kappa shape index (κ3) is 5.20. The summed E-state index contributed by atoms with van der Waals surface area (Å²) < 4.78 is 18.1. The molecular formula is C18H25FN4O2. The highest BCUT2D eigenvalue weighted by atomic mass is 19.1. The second-order valence-corrected chi connectivity index (χ2v) is 5.82. The van der Waals surface area contributed by atoms with E-state index in [-0.39, 0.29) is 17.7 Å². The van der Waals surface area contributed by atoms with E-state index in [1.54, 1.807) is 19.1 Å². The number of halogens is 1. The van der Waals surface area contributed by atoms with Crippen LogP contribution in [-0.2, 0) is 16.0 Å². The summed E-state index contributed by atoms with van der Waals surface area (Å²) in [4.78, 5) is 19.0. The van der Waals surface area contributed by atoms with Crippen LogP contribution in [0, 0.1) is 11.7 Å². The Labute approximate surface area is 146 Å². The number of hydrogen-bond donors (Lipinski definition) is 3.